The second-order valence-corrected chi connectivity index (χ2v) is 5.53. The summed E-state index contributed by atoms with van der Waals surface area (Å²) in [6.07, 6.45) is 3.38. The molecule has 2 heterocycles. The van der Waals surface area contributed by atoms with Crippen LogP contribution in [0.2, 0.25) is 0 Å². The van der Waals surface area contributed by atoms with Crippen LogP contribution in [0.3, 0.4) is 0 Å². The van der Waals surface area contributed by atoms with Crippen LogP contribution >= 0.6 is 11.8 Å². The van der Waals surface area contributed by atoms with Gasteiger partial charge in [-0.1, -0.05) is 11.8 Å². The number of methoxy groups -OCH3 is 1. The van der Waals surface area contributed by atoms with Gasteiger partial charge in [0.1, 0.15) is 11.5 Å². The highest BCUT2D eigenvalue weighted by atomic mass is 32.2. The summed E-state index contributed by atoms with van der Waals surface area (Å²) in [7, 11) is 1.64. The van der Waals surface area contributed by atoms with Crippen molar-refractivity contribution in [1.29, 1.82) is 0 Å². The summed E-state index contributed by atoms with van der Waals surface area (Å²) in [4.78, 5) is 3.96. The smallest absolute Gasteiger partial charge is 0.276 e. The topological polar surface area (TPSA) is 70.3 Å². The van der Waals surface area contributed by atoms with Crippen LogP contribution in [0, 0.1) is 0 Å². The maximum absolute atomic E-state index is 5.64. The number of pyridine rings is 1. The number of rotatable bonds is 7. The molecule has 0 saturated carbocycles. The van der Waals surface area contributed by atoms with Gasteiger partial charge in [0.2, 0.25) is 5.89 Å². The van der Waals surface area contributed by atoms with E-state index in [0.29, 0.717) is 23.5 Å². The van der Waals surface area contributed by atoms with Gasteiger partial charge in [0.25, 0.3) is 5.22 Å². The summed E-state index contributed by atoms with van der Waals surface area (Å²) < 4.78 is 16.3. The van der Waals surface area contributed by atoms with Crippen LogP contribution in [0.25, 0.3) is 11.5 Å². The van der Waals surface area contributed by atoms with Crippen molar-refractivity contribution in [2.24, 2.45) is 0 Å². The Hall–Kier alpha value is -2.54. The van der Waals surface area contributed by atoms with Gasteiger partial charge in [-0.25, -0.2) is 0 Å². The Morgan fingerprint density at radius 3 is 2.48 bits per heavy atom. The minimum Gasteiger partial charge on any atom is -0.497 e. The summed E-state index contributed by atoms with van der Waals surface area (Å²) in [5.74, 6) is 2.81. The van der Waals surface area contributed by atoms with Gasteiger partial charge in [0.05, 0.1) is 13.7 Å². The largest absolute Gasteiger partial charge is 0.497 e. The van der Waals surface area contributed by atoms with E-state index in [1.165, 1.54) is 11.8 Å². The van der Waals surface area contributed by atoms with Crippen LogP contribution in [-0.4, -0.2) is 34.7 Å². The maximum Gasteiger partial charge on any atom is 0.276 e. The first-order chi connectivity index (χ1) is 11.3. The Balaban J connectivity index is 1.46. The van der Waals surface area contributed by atoms with Gasteiger partial charge in [0, 0.05) is 23.7 Å². The van der Waals surface area contributed by atoms with Gasteiger partial charge in [-0.15, -0.1) is 10.2 Å². The van der Waals surface area contributed by atoms with Crippen molar-refractivity contribution in [1.82, 2.24) is 15.2 Å². The molecule has 7 heteroatoms. The molecule has 0 unspecified atom stereocenters. The van der Waals surface area contributed by atoms with Crippen LogP contribution < -0.4 is 9.47 Å². The van der Waals surface area contributed by atoms with Crippen molar-refractivity contribution in [2.45, 2.75) is 5.22 Å². The highest BCUT2D eigenvalue weighted by molar-refractivity contribution is 7.99. The molecule has 0 fully saturated rings. The van der Waals surface area contributed by atoms with Gasteiger partial charge in [0.15, 0.2) is 0 Å². The van der Waals surface area contributed by atoms with E-state index in [9.17, 15) is 0 Å². The SMILES string of the molecule is COc1ccc(OCCSc2nnc(-c3ccncc3)o2)cc1. The molecule has 23 heavy (non-hydrogen) atoms. The Kier molecular flexibility index (Phi) is 5.10. The Morgan fingerprint density at radius 1 is 1.00 bits per heavy atom. The molecule has 2 aromatic heterocycles. The van der Waals surface area contributed by atoms with Crippen molar-refractivity contribution in [2.75, 3.05) is 19.5 Å². The summed E-state index contributed by atoms with van der Waals surface area (Å²) >= 11 is 1.46. The quantitative estimate of drug-likeness (QED) is 0.486. The lowest BCUT2D eigenvalue weighted by atomic mass is 10.3. The summed E-state index contributed by atoms with van der Waals surface area (Å²) in [6, 6.07) is 11.1. The molecule has 0 atom stereocenters. The molecule has 0 spiro atoms. The predicted molar refractivity (Wildman–Crippen MR) is 86.7 cm³/mol. The minimum atomic E-state index is 0.492. The zero-order chi connectivity index (χ0) is 15.9. The molecule has 118 valence electrons. The normalized spacial score (nSPS) is 10.5. The van der Waals surface area contributed by atoms with Crippen LogP contribution in [0.5, 0.6) is 11.5 Å². The zero-order valence-electron chi connectivity index (χ0n) is 12.5. The molecule has 3 rings (SSSR count). The van der Waals surface area contributed by atoms with E-state index in [1.54, 1.807) is 19.5 Å². The number of hydrogen-bond acceptors (Lipinski definition) is 7. The first-order valence-corrected chi connectivity index (χ1v) is 7.97. The average Bonchev–Trinajstić information content (AvgIpc) is 3.09. The second kappa shape index (κ2) is 7.64. The third kappa shape index (κ3) is 4.23. The van der Waals surface area contributed by atoms with E-state index in [4.69, 9.17) is 13.9 Å². The van der Waals surface area contributed by atoms with Crippen LogP contribution in [0.15, 0.2) is 58.4 Å². The van der Waals surface area contributed by atoms with E-state index >= 15 is 0 Å². The summed E-state index contributed by atoms with van der Waals surface area (Å²) in [5, 5.41) is 8.56. The lowest BCUT2D eigenvalue weighted by Gasteiger charge is -2.05. The average molecular weight is 329 g/mol. The number of ether oxygens (including phenoxy) is 2. The number of benzene rings is 1. The third-order valence-corrected chi connectivity index (χ3v) is 3.75. The molecule has 0 radical (unpaired) electrons. The lowest BCUT2D eigenvalue weighted by molar-refractivity contribution is 0.342. The van der Waals surface area contributed by atoms with Gasteiger partial charge < -0.3 is 13.9 Å². The fourth-order valence-corrected chi connectivity index (χ4v) is 2.42. The molecule has 0 saturated heterocycles. The molecular formula is C16H15N3O3S. The molecule has 0 bridgehead atoms. The van der Waals surface area contributed by atoms with E-state index in [-0.39, 0.29) is 0 Å². The van der Waals surface area contributed by atoms with E-state index in [2.05, 4.69) is 15.2 Å². The lowest BCUT2D eigenvalue weighted by Crippen LogP contribution is -1.99. The highest BCUT2D eigenvalue weighted by Gasteiger charge is 2.08. The predicted octanol–water partition coefficient (Wildman–Crippen LogP) is 3.31. The molecule has 0 aliphatic rings. The number of nitrogens with zero attached hydrogens (tertiary/aromatic N) is 3. The zero-order valence-corrected chi connectivity index (χ0v) is 13.3. The first-order valence-electron chi connectivity index (χ1n) is 6.99. The molecular weight excluding hydrogens is 314 g/mol. The van der Waals surface area contributed by atoms with Crippen molar-refractivity contribution in [3.8, 4) is 23.0 Å². The number of aromatic nitrogens is 3. The molecule has 0 aliphatic heterocycles. The van der Waals surface area contributed by atoms with Gasteiger partial charge in [-0.2, -0.15) is 0 Å². The fourth-order valence-electron chi connectivity index (χ4n) is 1.84. The van der Waals surface area contributed by atoms with E-state index in [0.717, 1.165) is 17.1 Å². The van der Waals surface area contributed by atoms with Crippen molar-refractivity contribution in [3.05, 3.63) is 48.8 Å². The van der Waals surface area contributed by atoms with Crippen LogP contribution in [0.4, 0.5) is 0 Å². The van der Waals surface area contributed by atoms with Crippen molar-refractivity contribution < 1.29 is 13.9 Å². The Bertz CT molecular complexity index is 732. The monoisotopic (exact) mass is 329 g/mol. The standard InChI is InChI=1S/C16H15N3O3S/c1-20-13-2-4-14(5-3-13)21-10-11-23-16-19-18-15(22-16)12-6-8-17-9-7-12/h2-9H,10-11H2,1H3. The van der Waals surface area contributed by atoms with Gasteiger partial charge in [-0.05, 0) is 36.4 Å². The van der Waals surface area contributed by atoms with Crippen molar-refractivity contribution in [3.63, 3.8) is 0 Å². The first kappa shape index (κ1) is 15.4. The minimum absolute atomic E-state index is 0.492. The van der Waals surface area contributed by atoms with Crippen molar-refractivity contribution >= 4 is 11.8 Å². The third-order valence-electron chi connectivity index (χ3n) is 2.97. The highest BCUT2D eigenvalue weighted by Crippen LogP contribution is 2.23. The molecule has 6 nitrogen and oxygen atoms in total. The van der Waals surface area contributed by atoms with Gasteiger partial charge in [-0.3, -0.25) is 4.98 Å². The molecule has 0 aliphatic carbocycles. The van der Waals surface area contributed by atoms with Gasteiger partial charge >= 0.3 is 0 Å². The Labute approximate surface area is 137 Å². The molecule has 3 aromatic rings. The Morgan fingerprint density at radius 2 is 1.74 bits per heavy atom. The van der Waals surface area contributed by atoms with Crippen LogP contribution in [0.1, 0.15) is 0 Å². The molecule has 0 amide bonds. The summed E-state index contributed by atoms with van der Waals surface area (Å²) in [6.45, 7) is 0.546. The molecule has 1 aromatic carbocycles. The van der Waals surface area contributed by atoms with E-state index < -0.39 is 0 Å². The number of hydrogen-bond donors (Lipinski definition) is 0. The summed E-state index contributed by atoms with van der Waals surface area (Å²) in [5.41, 5.74) is 0.855. The van der Waals surface area contributed by atoms with Crippen LogP contribution in [-0.2, 0) is 0 Å². The maximum atomic E-state index is 5.64. The second-order valence-electron chi connectivity index (χ2n) is 4.48. The number of thioether (sulfide) groups is 1. The van der Waals surface area contributed by atoms with E-state index in [1.807, 2.05) is 36.4 Å². The fraction of sp³-hybridized carbons (Fsp3) is 0.188. The molecule has 0 N–H and O–H groups in total.